The molecule has 0 aromatic rings. The molecule has 3 nitrogen and oxygen atoms in total. The van der Waals surface area contributed by atoms with E-state index in [0.717, 1.165) is 18.4 Å². The van der Waals surface area contributed by atoms with Crippen LogP contribution in [0.3, 0.4) is 0 Å². The molecular weight excluding hydrogens is 228 g/mol. The second-order valence-corrected chi connectivity index (χ2v) is 5.10. The van der Waals surface area contributed by atoms with Gasteiger partial charge in [0.05, 0.1) is 0 Å². The molecule has 0 saturated carbocycles. The van der Waals surface area contributed by atoms with Crippen LogP contribution in [0.15, 0.2) is 36.0 Å². The molecule has 1 heterocycles. The highest BCUT2D eigenvalue weighted by Gasteiger charge is 2.40. The zero-order valence-electron chi connectivity index (χ0n) is 10.8. The van der Waals surface area contributed by atoms with Crippen LogP contribution in [0.1, 0.15) is 26.7 Å². The standard InChI is InChI=1S/C15H18O3/c1-9-8-14-13(11(3)15(17)18-14)7-6-12(9)5-4-10(2)16/h4-6,9,13-14H,3,7-8H2,1-2H3/b5-4+/t9-,13-,14-/m0/s1. The molecule has 1 aliphatic carbocycles. The summed E-state index contributed by atoms with van der Waals surface area (Å²) < 4.78 is 5.34. The van der Waals surface area contributed by atoms with Crippen molar-refractivity contribution in [2.24, 2.45) is 11.8 Å². The summed E-state index contributed by atoms with van der Waals surface area (Å²) >= 11 is 0. The third-order valence-corrected chi connectivity index (χ3v) is 3.69. The molecule has 0 amide bonds. The Labute approximate surface area is 107 Å². The van der Waals surface area contributed by atoms with Crippen molar-refractivity contribution in [2.75, 3.05) is 0 Å². The first-order valence-corrected chi connectivity index (χ1v) is 6.27. The van der Waals surface area contributed by atoms with Crippen LogP contribution < -0.4 is 0 Å². The van der Waals surface area contributed by atoms with E-state index in [4.69, 9.17) is 4.74 Å². The molecule has 96 valence electrons. The summed E-state index contributed by atoms with van der Waals surface area (Å²) in [4.78, 5) is 22.4. The minimum Gasteiger partial charge on any atom is -0.458 e. The summed E-state index contributed by atoms with van der Waals surface area (Å²) in [7, 11) is 0. The highest BCUT2D eigenvalue weighted by Crippen LogP contribution is 2.38. The predicted octanol–water partition coefficient (Wildman–Crippen LogP) is 2.59. The van der Waals surface area contributed by atoms with E-state index in [0.29, 0.717) is 5.57 Å². The molecule has 3 atom stereocenters. The number of esters is 1. The number of fused-ring (bicyclic) bond motifs is 1. The second kappa shape index (κ2) is 4.92. The molecule has 1 aliphatic heterocycles. The summed E-state index contributed by atoms with van der Waals surface area (Å²) in [6, 6.07) is 0. The average Bonchev–Trinajstić information content (AvgIpc) is 2.46. The molecule has 1 fully saturated rings. The fourth-order valence-electron chi connectivity index (χ4n) is 2.57. The molecule has 2 aliphatic rings. The van der Waals surface area contributed by atoms with Gasteiger partial charge < -0.3 is 4.74 Å². The highest BCUT2D eigenvalue weighted by atomic mass is 16.6. The number of carbonyl (C=O) groups is 2. The number of ketones is 1. The summed E-state index contributed by atoms with van der Waals surface area (Å²) in [5.74, 6) is 0.175. The first kappa shape index (κ1) is 12.8. The largest absolute Gasteiger partial charge is 0.458 e. The van der Waals surface area contributed by atoms with Crippen molar-refractivity contribution in [2.45, 2.75) is 32.8 Å². The zero-order valence-corrected chi connectivity index (χ0v) is 10.8. The molecule has 0 radical (unpaired) electrons. The van der Waals surface area contributed by atoms with E-state index in [9.17, 15) is 9.59 Å². The Morgan fingerprint density at radius 3 is 2.94 bits per heavy atom. The normalized spacial score (nSPS) is 31.9. The molecule has 2 rings (SSSR count). The van der Waals surface area contributed by atoms with Crippen LogP contribution in [0.25, 0.3) is 0 Å². The third kappa shape index (κ3) is 2.45. The smallest absolute Gasteiger partial charge is 0.334 e. The first-order chi connectivity index (χ1) is 8.49. The van der Waals surface area contributed by atoms with Gasteiger partial charge in [0.25, 0.3) is 0 Å². The Balaban J connectivity index is 2.18. The van der Waals surface area contributed by atoms with Crippen molar-refractivity contribution in [1.82, 2.24) is 0 Å². The Kier molecular flexibility index (Phi) is 3.50. The molecule has 1 saturated heterocycles. The topological polar surface area (TPSA) is 43.4 Å². The van der Waals surface area contributed by atoms with Crippen molar-refractivity contribution in [3.05, 3.63) is 36.0 Å². The molecule has 3 heteroatoms. The van der Waals surface area contributed by atoms with Crippen LogP contribution in [0, 0.1) is 11.8 Å². The molecule has 0 unspecified atom stereocenters. The number of carbonyl (C=O) groups excluding carboxylic acids is 2. The number of allylic oxidation sites excluding steroid dienone is 4. The van der Waals surface area contributed by atoms with Gasteiger partial charge in [-0.2, -0.15) is 0 Å². The van der Waals surface area contributed by atoms with Gasteiger partial charge in [-0.15, -0.1) is 0 Å². The number of ether oxygens (including phenoxy) is 1. The van der Waals surface area contributed by atoms with Crippen molar-refractivity contribution >= 4 is 11.8 Å². The highest BCUT2D eigenvalue weighted by molar-refractivity contribution is 5.91. The van der Waals surface area contributed by atoms with Crippen molar-refractivity contribution in [1.29, 1.82) is 0 Å². The van der Waals surface area contributed by atoms with E-state index in [2.05, 4.69) is 19.6 Å². The van der Waals surface area contributed by atoms with E-state index in [1.54, 1.807) is 6.08 Å². The fraction of sp³-hybridized carbons (Fsp3) is 0.467. The average molecular weight is 246 g/mol. The molecular formula is C15H18O3. The summed E-state index contributed by atoms with van der Waals surface area (Å²) in [6.07, 6.45) is 7.06. The molecule has 0 N–H and O–H groups in total. The third-order valence-electron chi connectivity index (χ3n) is 3.69. The number of hydrogen-bond donors (Lipinski definition) is 0. The Morgan fingerprint density at radius 2 is 2.28 bits per heavy atom. The Morgan fingerprint density at radius 1 is 1.56 bits per heavy atom. The quantitative estimate of drug-likeness (QED) is 0.555. The molecule has 0 bridgehead atoms. The summed E-state index contributed by atoms with van der Waals surface area (Å²) in [5.41, 5.74) is 1.73. The Hall–Kier alpha value is -1.64. The number of rotatable bonds is 2. The van der Waals surface area contributed by atoms with E-state index in [1.165, 1.54) is 6.92 Å². The van der Waals surface area contributed by atoms with E-state index < -0.39 is 0 Å². The first-order valence-electron chi connectivity index (χ1n) is 6.27. The van der Waals surface area contributed by atoms with Crippen molar-refractivity contribution < 1.29 is 14.3 Å². The van der Waals surface area contributed by atoms with Gasteiger partial charge in [-0.25, -0.2) is 4.79 Å². The van der Waals surface area contributed by atoms with E-state index >= 15 is 0 Å². The van der Waals surface area contributed by atoms with Crippen LogP contribution in [0.5, 0.6) is 0 Å². The van der Waals surface area contributed by atoms with Crippen molar-refractivity contribution in [3.8, 4) is 0 Å². The fourth-order valence-corrected chi connectivity index (χ4v) is 2.57. The van der Waals surface area contributed by atoms with Gasteiger partial charge >= 0.3 is 5.97 Å². The van der Waals surface area contributed by atoms with Crippen LogP contribution in [0.4, 0.5) is 0 Å². The minimum atomic E-state index is -0.256. The molecule has 0 aromatic carbocycles. The van der Waals surface area contributed by atoms with E-state index in [1.807, 2.05) is 6.08 Å². The zero-order chi connectivity index (χ0) is 13.3. The number of hydrogen-bond acceptors (Lipinski definition) is 3. The predicted molar refractivity (Wildman–Crippen MR) is 68.8 cm³/mol. The second-order valence-electron chi connectivity index (χ2n) is 5.10. The maximum absolute atomic E-state index is 11.5. The van der Waals surface area contributed by atoms with Gasteiger partial charge in [0.2, 0.25) is 0 Å². The molecule has 0 spiro atoms. The van der Waals surface area contributed by atoms with Gasteiger partial charge in [-0.3, -0.25) is 4.79 Å². The lowest BCUT2D eigenvalue weighted by atomic mass is 9.91. The van der Waals surface area contributed by atoms with Gasteiger partial charge in [0, 0.05) is 11.5 Å². The van der Waals surface area contributed by atoms with Gasteiger partial charge in [-0.1, -0.05) is 25.7 Å². The lowest BCUT2D eigenvalue weighted by molar-refractivity contribution is -0.139. The van der Waals surface area contributed by atoms with Crippen LogP contribution >= 0.6 is 0 Å². The van der Waals surface area contributed by atoms with Crippen molar-refractivity contribution in [3.63, 3.8) is 0 Å². The lowest BCUT2D eigenvalue weighted by Gasteiger charge is -2.16. The van der Waals surface area contributed by atoms with Gasteiger partial charge in [0.15, 0.2) is 5.78 Å². The maximum atomic E-state index is 11.5. The maximum Gasteiger partial charge on any atom is 0.334 e. The van der Waals surface area contributed by atoms with Gasteiger partial charge in [0.1, 0.15) is 6.10 Å². The summed E-state index contributed by atoms with van der Waals surface area (Å²) in [5, 5.41) is 0. The SMILES string of the molecule is C=C1C(=O)O[C@H]2C[C@H](C)C(/C=C/C(C)=O)=CC[C@@H]12. The van der Waals surface area contributed by atoms with Crippen LogP contribution in [-0.2, 0) is 14.3 Å². The molecule has 0 aromatic heterocycles. The van der Waals surface area contributed by atoms with E-state index in [-0.39, 0.29) is 29.7 Å². The lowest BCUT2D eigenvalue weighted by Crippen LogP contribution is -2.17. The van der Waals surface area contributed by atoms with Gasteiger partial charge in [-0.05, 0) is 37.3 Å². The molecule has 18 heavy (non-hydrogen) atoms. The minimum absolute atomic E-state index is 0.0448. The Bertz CT molecular complexity index is 456. The van der Waals surface area contributed by atoms with Crippen LogP contribution in [-0.4, -0.2) is 17.9 Å². The summed E-state index contributed by atoms with van der Waals surface area (Å²) in [6.45, 7) is 7.44. The van der Waals surface area contributed by atoms with Crippen LogP contribution in [0.2, 0.25) is 0 Å². The monoisotopic (exact) mass is 246 g/mol.